The first-order valence-corrected chi connectivity index (χ1v) is 9.09. The van der Waals surface area contributed by atoms with Crippen molar-refractivity contribution in [3.63, 3.8) is 0 Å². The number of carbonyl (C=O) groups is 3. The summed E-state index contributed by atoms with van der Waals surface area (Å²) in [6.45, 7) is 7.41. The van der Waals surface area contributed by atoms with E-state index in [1.54, 1.807) is 24.3 Å². The van der Waals surface area contributed by atoms with Crippen LogP contribution in [0.25, 0.3) is 0 Å². The molecule has 0 bridgehead atoms. The van der Waals surface area contributed by atoms with Gasteiger partial charge in [0.05, 0.1) is 6.61 Å². The molecule has 0 aromatic heterocycles. The van der Waals surface area contributed by atoms with Crippen LogP contribution in [0.4, 0.5) is 0 Å². The molecule has 6 nitrogen and oxygen atoms in total. The molecule has 0 aliphatic rings. The number of hydrogen-bond donors (Lipinski definition) is 1. The highest BCUT2D eigenvalue weighted by molar-refractivity contribution is 6.01. The standard InChI is InChI=1S/C22H25NO5/c1-5-27-18-8-6-17(7-9-18)22(26)23-12-20(25)28-13-19(24)21-15(3)10-14(2)11-16(21)4/h6-11H,5,12-13H2,1-4H3,(H,23,26). The van der Waals surface area contributed by atoms with E-state index < -0.39 is 11.9 Å². The average molecular weight is 383 g/mol. The number of rotatable bonds is 8. The quantitative estimate of drug-likeness (QED) is 0.559. The molecule has 2 rings (SSSR count). The minimum atomic E-state index is -0.671. The Labute approximate surface area is 164 Å². The molecule has 2 aromatic rings. The van der Waals surface area contributed by atoms with E-state index >= 15 is 0 Å². The molecule has 0 saturated carbocycles. The zero-order valence-electron chi connectivity index (χ0n) is 16.6. The number of hydrogen-bond acceptors (Lipinski definition) is 5. The molecule has 0 aliphatic carbocycles. The molecule has 1 N–H and O–H groups in total. The zero-order chi connectivity index (χ0) is 20.7. The van der Waals surface area contributed by atoms with Crippen molar-refractivity contribution < 1.29 is 23.9 Å². The molecule has 1 amide bonds. The van der Waals surface area contributed by atoms with Gasteiger partial charge in [0, 0.05) is 11.1 Å². The monoisotopic (exact) mass is 383 g/mol. The summed E-state index contributed by atoms with van der Waals surface area (Å²) in [5.74, 6) is -0.675. The van der Waals surface area contributed by atoms with Gasteiger partial charge in [0.2, 0.25) is 5.78 Å². The minimum Gasteiger partial charge on any atom is -0.494 e. The van der Waals surface area contributed by atoms with Crippen molar-refractivity contribution in [1.82, 2.24) is 5.32 Å². The van der Waals surface area contributed by atoms with Crippen LogP contribution in [0, 0.1) is 20.8 Å². The molecular weight excluding hydrogens is 358 g/mol. The summed E-state index contributed by atoms with van der Waals surface area (Å²) in [6.07, 6.45) is 0. The summed E-state index contributed by atoms with van der Waals surface area (Å²) < 4.78 is 10.3. The van der Waals surface area contributed by atoms with E-state index in [9.17, 15) is 14.4 Å². The number of amides is 1. The van der Waals surface area contributed by atoms with Crippen LogP contribution in [0.2, 0.25) is 0 Å². The summed E-state index contributed by atoms with van der Waals surface area (Å²) in [7, 11) is 0. The topological polar surface area (TPSA) is 81.7 Å². The molecule has 0 atom stereocenters. The Morgan fingerprint density at radius 3 is 2.14 bits per heavy atom. The number of Topliss-reactive ketones (excluding diaryl/α,β-unsaturated/α-hetero) is 1. The zero-order valence-corrected chi connectivity index (χ0v) is 16.6. The van der Waals surface area contributed by atoms with E-state index in [4.69, 9.17) is 9.47 Å². The van der Waals surface area contributed by atoms with Gasteiger partial charge in [-0.1, -0.05) is 17.7 Å². The van der Waals surface area contributed by atoms with Gasteiger partial charge in [-0.2, -0.15) is 0 Å². The molecule has 0 radical (unpaired) electrons. The maximum Gasteiger partial charge on any atom is 0.325 e. The van der Waals surface area contributed by atoms with Gasteiger partial charge < -0.3 is 14.8 Å². The Balaban J connectivity index is 1.84. The molecule has 0 heterocycles. The third kappa shape index (κ3) is 5.67. The lowest BCUT2D eigenvalue weighted by molar-refractivity contribution is -0.141. The van der Waals surface area contributed by atoms with Gasteiger partial charge in [-0.3, -0.25) is 14.4 Å². The minimum absolute atomic E-state index is 0.263. The van der Waals surface area contributed by atoms with Crippen LogP contribution >= 0.6 is 0 Å². The molecule has 148 valence electrons. The summed E-state index contributed by atoms with van der Waals surface area (Å²) in [5.41, 5.74) is 3.74. The lowest BCUT2D eigenvalue weighted by Gasteiger charge is -2.11. The largest absolute Gasteiger partial charge is 0.494 e. The lowest BCUT2D eigenvalue weighted by Crippen LogP contribution is -2.31. The van der Waals surface area contributed by atoms with E-state index in [0.29, 0.717) is 23.5 Å². The second-order valence-electron chi connectivity index (χ2n) is 6.50. The highest BCUT2D eigenvalue weighted by atomic mass is 16.5. The predicted octanol–water partition coefficient (Wildman–Crippen LogP) is 3.17. The van der Waals surface area contributed by atoms with Crippen LogP contribution in [0.3, 0.4) is 0 Å². The van der Waals surface area contributed by atoms with E-state index in [0.717, 1.165) is 16.7 Å². The van der Waals surface area contributed by atoms with Crippen LogP contribution in [0.1, 0.15) is 44.3 Å². The first kappa shape index (κ1) is 21.2. The fourth-order valence-electron chi connectivity index (χ4n) is 3.01. The van der Waals surface area contributed by atoms with Gasteiger partial charge in [-0.05, 0) is 63.1 Å². The number of ether oxygens (including phenoxy) is 2. The van der Waals surface area contributed by atoms with Crippen molar-refractivity contribution in [2.24, 2.45) is 0 Å². The Bertz CT molecular complexity index is 848. The van der Waals surface area contributed by atoms with E-state index in [1.165, 1.54) is 0 Å². The fraction of sp³-hybridized carbons (Fsp3) is 0.318. The highest BCUT2D eigenvalue weighted by Crippen LogP contribution is 2.17. The summed E-state index contributed by atoms with van der Waals surface area (Å²) >= 11 is 0. The number of carbonyl (C=O) groups excluding carboxylic acids is 3. The lowest BCUT2D eigenvalue weighted by atomic mass is 9.97. The van der Waals surface area contributed by atoms with E-state index in [2.05, 4.69) is 5.32 Å². The van der Waals surface area contributed by atoms with Crippen molar-refractivity contribution >= 4 is 17.7 Å². The van der Waals surface area contributed by atoms with Crippen LogP contribution in [-0.2, 0) is 9.53 Å². The van der Waals surface area contributed by atoms with Crippen molar-refractivity contribution in [3.8, 4) is 5.75 Å². The van der Waals surface area contributed by atoms with Gasteiger partial charge in [0.15, 0.2) is 6.61 Å². The van der Waals surface area contributed by atoms with Crippen LogP contribution < -0.4 is 10.1 Å². The first-order chi connectivity index (χ1) is 13.3. The SMILES string of the molecule is CCOc1ccc(C(=O)NCC(=O)OCC(=O)c2c(C)cc(C)cc2C)cc1. The molecular formula is C22H25NO5. The first-order valence-electron chi connectivity index (χ1n) is 9.09. The Hall–Kier alpha value is -3.15. The van der Waals surface area contributed by atoms with Crippen molar-refractivity contribution in [2.75, 3.05) is 19.8 Å². The van der Waals surface area contributed by atoms with Crippen molar-refractivity contribution in [1.29, 1.82) is 0 Å². The van der Waals surface area contributed by atoms with Gasteiger partial charge in [-0.25, -0.2) is 0 Å². The molecule has 0 aliphatic heterocycles. The Morgan fingerprint density at radius 2 is 1.57 bits per heavy atom. The van der Waals surface area contributed by atoms with Crippen molar-refractivity contribution in [3.05, 3.63) is 64.2 Å². The maximum absolute atomic E-state index is 12.4. The smallest absolute Gasteiger partial charge is 0.325 e. The number of nitrogens with one attached hydrogen (secondary N) is 1. The molecule has 2 aromatic carbocycles. The summed E-state index contributed by atoms with van der Waals surface area (Å²) in [4.78, 5) is 36.3. The fourth-order valence-corrected chi connectivity index (χ4v) is 3.01. The Morgan fingerprint density at radius 1 is 0.964 bits per heavy atom. The second-order valence-corrected chi connectivity index (χ2v) is 6.50. The Kier molecular flexibility index (Phi) is 7.32. The summed E-state index contributed by atoms with van der Waals surface area (Å²) in [6, 6.07) is 10.4. The van der Waals surface area contributed by atoms with Gasteiger partial charge in [0.1, 0.15) is 12.3 Å². The number of esters is 1. The molecule has 6 heteroatoms. The number of aryl methyl sites for hydroxylation is 3. The average Bonchev–Trinajstić information content (AvgIpc) is 2.64. The molecule has 0 saturated heterocycles. The predicted molar refractivity (Wildman–Crippen MR) is 106 cm³/mol. The maximum atomic E-state index is 12.4. The number of benzene rings is 2. The second kappa shape index (κ2) is 9.69. The van der Waals surface area contributed by atoms with E-state index in [1.807, 2.05) is 39.8 Å². The van der Waals surface area contributed by atoms with Crippen LogP contribution in [-0.4, -0.2) is 37.4 Å². The third-order valence-electron chi connectivity index (χ3n) is 4.14. The molecule has 0 spiro atoms. The van der Waals surface area contributed by atoms with Gasteiger partial charge in [-0.15, -0.1) is 0 Å². The van der Waals surface area contributed by atoms with Gasteiger partial charge in [0.25, 0.3) is 5.91 Å². The molecule has 0 fully saturated rings. The van der Waals surface area contributed by atoms with Crippen molar-refractivity contribution in [2.45, 2.75) is 27.7 Å². The van der Waals surface area contributed by atoms with Gasteiger partial charge >= 0.3 is 5.97 Å². The normalized spacial score (nSPS) is 10.3. The molecule has 28 heavy (non-hydrogen) atoms. The summed E-state index contributed by atoms with van der Waals surface area (Å²) in [5, 5.41) is 2.48. The third-order valence-corrected chi connectivity index (χ3v) is 4.14. The van der Waals surface area contributed by atoms with E-state index in [-0.39, 0.29) is 18.9 Å². The molecule has 0 unspecified atom stereocenters. The highest BCUT2D eigenvalue weighted by Gasteiger charge is 2.16. The van der Waals surface area contributed by atoms with Crippen LogP contribution in [0.5, 0.6) is 5.75 Å². The number of ketones is 1. The van der Waals surface area contributed by atoms with Crippen LogP contribution in [0.15, 0.2) is 36.4 Å².